The van der Waals surface area contributed by atoms with E-state index in [-0.39, 0.29) is 5.91 Å². The zero-order valence-electron chi connectivity index (χ0n) is 12.7. The molecule has 1 aromatic heterocycles. The maximum absolute atomic E-state index is 12.6. The lowest BCUT2D eigenvalue weighted by molar-refractivity contribution is -0.137. The number of amides is 1. The van der Waals surface area contributed by atoms with Gasteiger partial charge in [0, 0.05) is 18.0 Å². The van der Waals surface area contributed by atoms with Crippen molar-refractivity contribution >= 4 is 23.3 Å². The fraction of sp³-hybridized carbons (Fsp3) is 0.235. The molecule has 0 bridgehead atoms. The van der Waals surface area contributed by atoms with Gasteiger partial charge in [0.25, 0.3) is 0 Å². The number of rotatable bonds is 4. The van der Waals surface area contributed by atoms with Gasteiger partial charge in [-0.3, -0.25) is 4.79 Å². The number of benzene rings is 1. The smallest absolute Gasteiger partial charge is 0.337 e. The molecule has 23 heavy (non-hydrogen) atoms. The van der Waals surface area contributed by atoms with Crippen LogP contribution in [0.1, 0.15) is 21.6 Å². The third-order valence-electron chi connectivity index (χ3n) is 3.36. The Labute approximate surface area is 136 Å². The van der Waals surface area contributed by atoms with Crippen LogP contribution in [-0.4, -0.2) is 17.9 Å². The van der Waals surface area contributed by atoms with Crippen LogP contribution in [0.5, 0.6) is 0 Å². The number of thiophene rings is 1. The quantitative estimate of drug-likeness (QED) is 0.736. The predicted molar refractivity (Wildman–Crippen MR) is 86.0 cm³/mol. The van der Waals surface area contributed by atoms with Crippen molar-refractivity contribution in [3.63, 3.8) is 0 Å². The molecule has 0 aliphatic carbocycles. The molecular weight excluding hydrogens is 323 g/mol. The van der Waals surface area contributed by atoms with Crippen molar-refractivity contribution in [3.8, 4) is 0 Å². The molecule has 0 spiro atoms. The number of carbonyl (C=O) groups is 1. The van der Waals surface area contributed by atoms with Gasteiger partial charge in [0.2, 0.25) is 5.91 Å². The van der Waals surface area contributed by atoms with Crippen LogP contribution in [0.3, 0.4) is 0 Å². The lowest BCUT2D eigenvalue weighted by Crippen LogP contribution is -2.23. The summed E-state index contributed by atoms with van der Waals surface area (Å²) in [5, 5.41) is 1.96. The van der Waals surface area contributed by atoms with Gasteiger partial charge in [-0.2, -0.15) is 13.2 Å². The summed E-state index contributed by atoms with van der Waals surface area (Å²) in [4.78, 5) is 14.7. The van der Waals surface area contributed by atoms with Crippen molar-refractivity contribution in [1.29, 1.82) is 0 Å². The number of hydrogen-bond acceptors (Lipinski definition) is 2. The number of halogens is 3. The molecule has 1 amide bonds. The Balaban J connectivity index is 2.05. The van der Waals surface area contributed by atoms with E-state index in [2.05, 4.69) is 0 Å². The van der Waals surface area contributed by atoms with Gasteiger partial charge in [0.05, 0.1) is 12.1 Å². The van der Waals surface area contributed by atoms with Crippen molar-refractivity contribution in [2.45, 2.75) is 19.6 Å². The standard InChI is InChI=1S/C17H16F3NOS/c1-12-8-9-23-15(12)11-21(2)16(22)7-6-13-4-3-5-14(10-13)17(18,19)20/h3-10H,11H2,1-2H3/b7-6+. The number of carbonyl (C=O) groups excluding carboxylic acids is 1. The van der Waals surface area contributed by atoms with E-state index >= 15 is 0 Å². The van der Waals surface area contributed by atoms with Crippen LogP contribution in [0.15, 0.2) is 41.8 Å². The number of aryl methyl sites for hydroxylation is 1. The van der Waals surface area contributed by atoms with E-state index in [1.165, 1.54) is 29.2 Å². The fourth-order valence-electron chi connectivity index (χ4n) is 1.97. The van der Waals surface area contributed by atoms with Gasteiger partial charge in [0.1, 0.15) is 0 Å². The van der Waals surface area contributed by atoms with Crippen LogP contribution in [-0.2, 0) is 17.5 Å². The first-order valence-corrected chi connectivity index (χ1v) is 7.79. The molecule has 1 aromatic carbocycles. The SMILES string of the molecule is Cc1ccsc1CN(C)C(=O)/C=C/c1cccc(C(F)(F)F)c1. The molecule has 1 heterocycles. The van der Waals surface area contributed by atoms with E-state index in [1.54, 1.807) is 18.4 Å². The summed E-state index contributed by atoms with van der Waals surface area (Å²) < 4.78 is 37.9. The average Bonchev–Trinajstić information content (AvgIpc) is 2.89. The van der Waals surface area contributed by atoms with E-state index in [9.17, 15) is 18.0 Å². The zero-order chi connectivity index (χ0) is 17.0. The molecule has 0 unspecified atom stereocenters. The van der Waals surface area contributed by atoms with Gasteiger partial charge >= 0.3 is 6.18 Å². The van der Waals surface area contributed by atoms with Crippen LogP contribution in [0, 0.1) is 6.92 Å². The molecule has 122 valence electrons. The highest BCUT2D eigenvalue weighted by Gasteiger charge is 2.30. The van der Waals surface area contributed by atoms with Crippen molar-refractivity contribution < 1.29 is 18.0 Å². The Morgan fingerprint density at radius 3 is 2.65 bits per heavy atom. The predicted octanol–water partition coefficient (Wildman–Crippen LogP) is 4.75. The maximum Gasteiger partial charge on any atom is 0.416 e. The molecule has 0 aliphatic heterocycles. The van der Waals surface area contributed by atoms with Crippen LogP contribution >= 0.6 is 11.3 Å². The van der Waals surface area contributed by atoms with E-state index in [4.69, 9.17) is 0 Å². The maximum atomic E-state index is 12.6. The van der Waals surface area contributed by atoms with E-state index in [0.717, 1.165) is 22.6 Å². The van der Waals surface area contributed by atoms with E-state index in [1.807, 2.05) is 18.4 Å². The molecule has 6 heteroatoms. The molecule has 0 radical (unpaired) electrons. The molecule has 2 rings (SSSR count). The molecule has 0 fully saturated rings. The van der Waals surface area contributed by atoms with Gasteiger partial charge in [0.15, 0.2) is 0 Å². The summed E-state index contributed by atoms with van der Waals surface area (Å²) in [6.07, 6.45) is -1.70. The van der Waals surface area contributed by atoms with Crippen molar-refractivity contribution in [2.24, 2.45) is 0 Å². The molecular formula is C17H16F3NOS. The minimum absolute atomic E-state index is 0.254. The van der Waals surface area contributed by atoms with Gasteiger partial charge in [-0.05, 0) is 47.7 Å². The first-order valence-electron chi connectivity index (χ1n) is 6.91. The topological polar surface area (TPSA) is 20.3 Å². The first kappa shape index (κ1) is 17.3. The number of likely N-dealkylation sites (N-methyl/N-ethyl adjacent to an activating group) is 1. The van der Waals surface area contributed by atoms with Crippen LogP contribution in [0.4, 0.5) is 13.2 Å². The summed E-state index contributed by atoms with van der Waals surface area (Å²) in [5.74, 6) is -0.254. The zero-order valence-corrected chi connectivity index (χ0v) is 13.5. The summed E-state index contributed by atoms with van der Waals surface area (Å²) >= 11 is 1.57. The Morgan fingerprint density at radius 1 is 1.30 bits per heavy atom. The third-order valence-corrected chi connectivity index (χ3v) is 4.37. The molecule has 2 aromatic rings. The van der Waals surface area contributed by atoms with Crippen LogP contribution < -0.4 is 0 Å². The largest absolute Gasteiger partial charge is 0.416 e. The summed E-state index contributed by atoms with van der Waals surface area (Å²) in [5.41, 5.74) is 0.736. The van der Waals surface area contributed by atoms with Crippen molar-refractivity contribution in [1.82, 2.24) is 4.90 Å². The normalized spacial score (nSPS) is 11.9. The summed E-state index contributed by atoms with van der Waals surface area (Å²) in [7, 11) is 1.66. The van der Waals surface area contributed by atoms with E-state index in [0.29, 0.717) is 12.1 Å². The van der Waals surface area contributed by atoms with Gasteiger partial charge in [-0.1, -0.05) is 12.1 Å². The second kappa shape index (κ2) is 7.00. The minimum Gasteiger partial charge on any atom is -0.337 e. The molecule has 0 saturated carbocycles. The van der Waals surface area contributed by atoms with Crippen molar-refractivity contribution in [2.75, 3.05) is 7.05 Å². The van der Waals surface area contributed by atoms with E-state index < -0.39 is 11.7 Å². The Hall–Kier alpha value is -2.08. The first-order chi connectivity index (χ1) is 10.8. The highest BCUT2D eigenvalue weighted by molar-refractivity contribution is 7.10. The number of alkyl halides is 3. The minimum atomic E-state index is -4.39. The average molecular weight is 339 g/mol. The highest BCUT2D eigenvalue weighted by Crippen LogP contribution is 2.29. The highest BCUT2D eigenvalue weighted by atomic mass is 32.1. The third kappa shape index (κ3) is 4.69. The molecule has 2 nitrogen and oxygen atoms in total. The molecule has 0 atom stereocenters. The molecule has 0 aliphatic rings. The molecule has 0 saturated heterocycles. The van der Waals surface area contributed by atoms with Crippen LogP contribution in [0.25, 0.3) is 6.08 Å². The Kier molecular flexibility index (Phi) is 5.26. The second-order valence-corrected chi connectivity index (χ2v) is 6.18. The summed E-state index contributed by atoms with van der Waals surface area (Å²) in [6.45, 7) is 2.46. The second-order valence-electron chi connectivity index (χ2n) is 5.18. The van der Waals surface area contributed by atoms with Crippen LogP contribution in [0.2, 0.25) is 0 Å². The monoisotopic (exact) mass is 339 g/mol. The van der Waals surface area contributed by atoms with Gasteiger partial charge in [-0.25, -0.2) is 0 Å². The Bertz CT molecular complexity index is 719. The fourth-order valence-corrected chi connectivity index (χ4v) is 2.93. The lowest BCUT2D eigenvalue weighted by atomic mass is 10.1. The summed E-state index contributed by atoms with van der Waals surface area (Å²) in [6, 6.07) is 6.86. The molecule has 0 N–H and O–H groups in total. The lowest BCUT2D eigenvalue weighted by Gasteiger charge is -2.14. The van der Waals surface area contributed by atoms with Gasteiger partial charge < -0.3 is 4.90 Å². The number of nitrogens with zero attached hydrogens (tertiary/aromatic N) is 1. The van der Waals surface area contributed by atoms with Crippen molar-refractivity contribution in [3.05, 3.63) is 63.4 Å². The Morgan fingerprint density at radius 2 is 2.04 bits per heavy atom. The van der Waals surface area contributed by atoms with Gasteiger partial charge in [-0.15, -0.1) is 11.3 Å². The number of hydrogen-bond donors (Lipinski definition) is 0.